The van der Waals surface area contributed by atoms with E-state index in [0.717, 1.165) is 22.3 Å². The predicted octanol–water partition coefficient (Wildman–Crippen LogP) is 5.02. The maximum Gasteiger partial charge on any atom is 0.420 e. The molecule has 3 aromatic rings. The molecular formula is C30H29F3N2O6. The van der Waals surface area contributed by atoms with E-state index < -0.39 is 47.7 Å². The van der Waals surface area contributed by atoms with Gasteiger partial charge < -0.3 is 19.9 Å². The first kappa shape index (κ1) is 29.6. The molecule has 1 aliphatic rings. The van der Waals surface area contributed by atoms with Gasteiger partial charge in [-0.3, -0.25) is 10.1 Å². The van der Waals surface area contributed by atoms with Crippen LogP contribution in [-0.4, -0.2) is 53.5 Å². The molecule has 216 valence electrons. The average Bonchev–Trinajstić information content (AvgIpc) is 3.26. The Morgan fingerprint density at radius 3 is 1.98 bits per heavy atom. The normalized spacial score (nSPS) is 15.5. The summed E-state index contributed by atoms with van der Waals surface area (Å²) in [5, 5.41) is 13.1. The summed E-state index contributed by atoms with van der Waals surface area (Å²) in [5.41, 5.74) is 0.771. The van der Waals surface area contributed by atoms with E-state index in [-0.39, 0.29) is 13.2 Å². The van der Waals surface area contributed by atoms with E-state index in [1.54, 1.807) is 35.6 Å². The molecule has 0 saturated carbocycles. The molecule has 0 radical (unpaired) electrons. The Kier molecular flexibility index (Phi) is 8.67. The predicted molar refractivity (Wildman–Crippen MR) is 143 cm³/mol. The number of carbonyl (C=O) groups is 3. The largest absolute Gasteiger partial charge is 0.480 e. The topological polar surface area (TPSA) is 114 Å². The number of benzene rings is 3. The Bertz CT molecular complexity index is 1370. The highest BCUT2D eigenvalue weighted by Crippen LogP contribution is 2.44. The molecule has 0 bridgehead atoms. The SMILES string of the molecule is C[C@@H](OCc1ccccc1)[C@H](NC(=O)C(C)(NC(=O)OCC1c2ccccc2-c2ccccc21)C(F)(F)F)C(=O)O. The zero-order valence-electron chi connectivity index (χ0n) is 22.3. The Labute approximate surface area is 234 Å². The molecule has 0 aromatic heterocycles. The van der Waals surface area contributed by atoms with Crippen molar-refractivity contribution < 1.29 is 42.1 Å². The number of alkyl halides is 3. The van der Waals surface area contributed by atoms with Gasteiger partial charge in [0.2, 0.25) is 5.54 Å². The molecule has 8 nitrogen and oxygen atoms in total. The van der Waals surface area contributed by atoms with Gasteiger partial charge >= 0.3 is 18.2 Å². The summed E-state index contributed by atoms with van der Waals surface area (Å²) in [6.45, 7) is 1.44. The van der Waals surface area contributed by atoms with Crippen LogP contribution >= 0.6 is 0 Å². The number of carbonyl (C=O) groups excluding carboxylic acids is 2. The van der Waals surface area contributed by atoms with Crippen molar-refractivity contribution in [2.24, 2.45) is 0 Å². The smallest absolute Gasteiger partial charge is 0.420 e. The summed E-state index contributed by atoms with van der Waals surface area (Å²) < 4.78 is 53.2. The molecule has 41 heavy (non-hydrogen) atoms. The van der Waals surface area contributed by atoms with E-state index in [4.69, 9.17) is 9.47 Å². The van der Waals surface area contributed by atoms with Crippen LogP contribution in [0, 0.1) is 0 Å². The van der Waals surface area contributed by atoms with Gasteiger partial charge in [0.05, 0.1) is 12.7 Å². The van der Waals surface area contributed by atoms with Crippen LogP contribution in [0.15, 0.2) is 78.9 Å². The zero-order valence-corrected chi connectivity index (χ0v) is 22.3. The van der Waals surface area contributed by atoms with E-state index in [1.807, 2.05) is 53.8 Å². The number of halogens is 3. The van der Waals surface area contributed by atoms with Crippen LogP contribution < -0.4 is 10.6 Å². The molecule has 0 saturated heterocycles. The third-order valence-corrected chi connectivity index (χ3v) is 7.09. The lowest BCUT2D eigenvalue weighted by molar-refractivity contribution is -0.195. The van der Waals surface area contributed by atoms with Crippen molar-refractivity contribution in [3.63, 3.8) is 0 Å². The number of nitrogens with one attached hydrogen (secondary N) is 2. The minimum Gasteiger partial charge on any atom is -0.480 e. The number of hydrogen-bond donors (Lipinski definition) is 3. The maximum absolute atomic E-state index is 14.2. The summed E-state index contributed by atoms with van der Waals surface area (Å²) >= 11 is 0. The van der Waals surface area contributed by atoms with Gasteiger partial charge in [-0.25, -0.2) is 9.59 Å². The lowest BCUT2D eigenvalue weighted by Crippen LogP contribution is -2.67. The van der Waals surface area contributed by atoms with Gasteiger partial charge in [-0.1, -0.05) is 78.9 Å². The minimum absolute atomic E-state index is 0.0316. The van der Waals surface area contributed by atoms with Gasteiger partial charge in [0, 0.05) is 5.92 Å². The van der Waals surface area contributed by atoms with Crippen LogP contribution in [0.5, 0.6) is 0 Å². The van der Waals surface area contributed by atoms with E-state index in [0.29, 0.717) is 12.5 Å². The first-order valence-electron chi connectivity index (χ1n) is 12.8. The van der Waals surface area contributed by atoms with Crippen LogP contribution in [0.3, 0.4) is 0 Å². The molecular weight excluding hydrogens is 541 g/mol. The fourth-order valence-electron chi connectivity index (χ4n) is 4.66. The van der Waals surface area contributed by atoms with Crippen LogP contribution in [0.4, 0.5) is 18.0 Å². The monoisotopic (exact) mass is 570 g/mol. The molecule has 0 spiro atoms. The number of alkyl carbamates (subject to hydrolysis) is 1. The molecule has 1 unspecified atom stereocenters. The van der Waals surface area contributed by atoms with Crippen LogP contribution in [-0.2, 0) is 25.7 Å². The van der Waals surface area contributed by atoms with Crippen molar-refractivity contribution in [1.29, 1.82) is 0 Å². The van der Waals surface area contributed by atoms with Crippen molar-refractivity contribution in [1.82, 2.24) is 10.6 Å². The highest BCUT2D eigenvalue weighted by Gasteiger charge is 2.59. The summed E-state index contributed by atoms with van der Waals surface area (Å²) in [4.78, 5) is 37.4. The van der Waals surface area contributed by atoms with Crippen molar-refractivity contribution in [2.75, 3.05) is 6.61 Å². The highest BCUT2D eigenvalue weighted by atomic mass is 19.4. The second kappa shape index (κ2) is 12.0. The number of hydrogen-bond acceptors (Lipinski definition) is 5. The highest BCUT2D eigenvalue weighted by molar-refractivity contribution is 5.93. The summed E-state index contributed by atoms with van der Waals surface area (Å²) in [7, 11) is 0. The van der Waals surface area contributed by atoms with Crippen LogP contribution in [0.2, 0.25) is 0 Å². The number of carboxylic acid groups (broad SMARTS) is 1. The number of amides is 2. The lowest BCUT2D eigenvalue weighted by atomic mass is 9.98. The molecule has 3 N–H and O–H groups in total. The van der Waals surface area contributed by atoms with Gasteiger partial charge in [-0.2, -0.15) is 13.2 Å². The first-order valence-corrected chi connectivity index (χ1v) is 12.8. The molecule has 4 rings (SSSR count). The molecule has 1 aliphatic carbocycles. The van der Waals surface area contributed by atoms with E-state index >= 15 is 0 Å². The molecule has 0 fully saturated rings. The van der Waals surface area contributed by atoms with Gasteiger partial charge in [0.25, 0.3) is 5.91 Å². The summed E-state index contributed by atoms with van der Waals surface area (Å²) in [6.07, 6.45) is -7.98. The van der Waals surface area contributed by atoms with Gasteiger partial charge in [0.15, 0.2) is 6.04 Å². The van der Waals surface area contributed by atoms with Gasteiger partial charge in [0.1, 0.15) is 6.61 Å². The number of carboxylic acids is 1. The van der Waals surface area contributed by atoms with Crippen LogP contribution in [0.25, 0.3) is 11.1 Å². The Hall–Kier alpha value is -4.38. The maximum atomic E-state index is 14.2. The minimum atomic E-state index is -5.29. The second-order valence-corrected chi connectivity index (χ2v) is 9.86. The van der Waals surface area contributed by atoms with Crippen molar-refractivity contribution in [2.45, 2.75) is 50.2 Å². The summed E-state index contributed by atoms with van der Waals surface area (Å²) in [6, 6.07) is 21.7. The molecule has 2 amide bonds. The third-order valence-electron chi connectivity index (χ3n) is 7.09. The number of fused-ring (bicyclic) bond motifs is 3. The lowest BCUT2D eigenvalue weighted by Gasteiger charge is -2.33. The Balaban J connectivity index is 1.44. The van der Waals surface area contributed by atoms with Crippen molar-refractivity contribution >= 4 is 18.0 Å². The van der Waals surface area contributed by atoms with E-state index in [1.165, 1.54) is 6.92 Å². The number of aliphatic carboxylic acids is 1. The first-order chi connectivity index (χ1) is 19.4. The van der Waals surface area contributed by atoms with Crippen molar-refractivity contribution in [3.05, 3.63) is 95.6 Å². The standard InChI is InChI=1S/C30H29F3N2O6/c1-18(40-16-19-10-4-3-5-11-19)25(26(36)37)34-27(38)29(2,30(31,32)33)35-28(39)41-17-24-22-14-8-6-12-20(22)21-13-7-9-15-23(21)24/h3-15,18,24-25H,16-17H2,1-2H3,(H,34,38)(H,35,39)(H,36,37)/t18-,25+,29?/m1/s1. The van der Waals surface area contributed by atoms with Crippen LogP contribution in [0.1, 0.15) is 36.5 Å². The van der Waals surface area contributed by atoms with Gasteiger partial charge in [-0.05, 0) is 41.7 Å². The van der Waals surface area contributed by atoms with E-state index in [2.05, 4.69) is 0 Å². The quantitative estimate of drug-likeness (QED) is 0.316. The fraction of sp³-hybridized carbons (Fsp3) is 0.300. The molecule has 0 aliphatic heterocycles. The average molecular weight is 571 g/mol. The molecule has 3 aromatic carbocycles. The Morgan fingerprint density at radius 1 is 0.902 bits per heavy atom. The van der Waals surface area contributed by atoms with Crippen molar-refractivity contribution in [3.8, 4) is 11.1 Å². The fourth-order valence-corrected chi connectivity index (χ4v) is 4.66. The molecule has 0 heterocycles. The molecule has 11 heteroatoms. The molecule has 3 atom stereocenters. The second-order valence-electron chi connectivity index (χ2n) is 9.86. The zero-order chi connectivity index (χ0) is 29.8. The van der Waals surface area contributed by atoms with E-state index in [9.17, 15) is 32.7 Å². The Morgan fingerprint density at radius 2 is 1.44 bits per heavy atom. The summed E-state index contributed by atoms with van der Waals surface area (Å²) in [5.74, 6) is -3.80. The third kappa shape index (κ3) is 6.35. The van der Waals surface area contributed by atoms with Gasteiger partial charge in [-0.15, -0.1) is 0 Å². The number of ether oxygens (including phenoxy) is 2. The number of rotatable bonds is 10.